The number of hydrogen-bond donors (Lipinski definition) is 2. The minimum absolute atomic E-state index is 0.0471. The van der Waals surface area contributed by atoms with E-state index < -0.39 is 0 Å². The Morgan fingerprint density at radius 3 is 2.56 bits per heavy atom. The van der Waals surface area contributed by atoms with Gasteiger partial charge in [0.25, 0.3) is 5.91 Å². The van der Waals surface area contributed by atoms with E-state index in [1.165, 1.54) is 0 Å². The van der Waals surface area contributed by atoms with Gasteiger partial charge in [-0.25, -0.2) is 15.0 Å². The van der Waals surface area contributed by atoms with Crippen LogP contribution in [0.15, 0.2) is 30.7 Å². The Morgan fingerprint density at radius 1 is 1.00 bits per heavy atom. The monoisotopic (exact) mass is 488 g/mol. The number of fused-ring (bicyclic) bond motifs is 1. The van der Waals surface area contributed by atoms with Crippen LogP contribution in [-0.4, -0.2) is 94.8 Å². The molecule has 3 aliphatic rings. The molecule has 186 valence electrons. The van der Waals surface area contributed by atoms with E-state index in [4.69, 9.17) is 20.4 Å². The van der Waals surface area contributed by atoms with Gasteiger partial charge >= 0.3 is 0 Å². The van der Waals surface area contributed by atoms with Crippen LogP contribution in [0.2, 0.25) is 0 Å². The van der Waals surface area contributed by atoms with Gasteiger partial charge in [0, 0.05) is 81.2 Å². The molecule has 3 aliphatic heterocycles. The normalized spacial score (nSPS) is 17.8. The van der Waals surface area contributed by atoms with E-state index in [0.717, 1.165) is 60.9 Å². The molecule has 0 aromatic carbocycles. The Balaban J connectivity index is 1.39. The molecule has 6 rings (SSSR count). The number of nitrogens with two attached hydrogens (primary N) is 1. The fourth-order valence-corrected chi connectivity index (χ4v) is 4.83. The average molecular weight is 489 g/mol. The number of nitrogen functional groups attached to an aromatic ring is 1. The van der Waals surface area contributed by atoms with Crippen molar-refractivity contribution in [3.8, 4) is 11.3 Å². The first-order chi connectivity index (χ1) is 17.7. The molecule has 0 spiro atoms. The first-order valence-corrected chi connectivity index (χ1v) is 12.2. The third kappa shape index (κ3) is 4.29. The number of morpholine rings is 1. The molecule has 0 saturated carbocycles. The van der Waals surface area contributed by atoms with Gasteiger partial charge in [-0.1, -0.05) is 0 Å². The lowest BCUT2D eigenvalue weighted by molar-refractivity contribution is 0.0730. The third-order valence-electron chi connectivity index (χ3n) is 6.73. The van der Waals surface area contributed by atoms with Crippen LogP contribution in [0.25, 0.3) is 11.3 Å². The van der Waals surface area contributed by atoms with Gasteiger partial charge in [-0.15, -0.1) is 0 Å². The van der Waals surface area contributed by atoms with Crippen molar-refractivity contribution < 1.29 is 9.53 Å². The van der Waals surface area contributed by atoms with Gasteiger partial charge in [0.15, 0.2) is 0 Å². The van der Waals surface area contributed by atoms with E-state index >= 15 is 0 Å². The predicted octanol–water partition coefficient (Wildman–Crippen LogP) is 0.487. The minimum Gasteiger partial charge on any atom is -0.378 e. The number of ether oxygens (including phenoxy) is 1. The Morgan fingerprint density at radius 2 is 1.78 bits per heavy atom. The van der Waals surface area contributed by atoms with E-state index in [-0.39, 0.29) is 11.9 Å². The van der Waals surface area contributed by atoms with Crippen molar-refractivity contribution in [1.29, 1.82) is 0 Å². The Bertz CT molecular complexity index is 1260. The zero-order valence-electron chi connectivity index (χ0n) is 19.9. The van der Waals surface area contributed by atoms with Gasteiger partial charge in [-0.3, -0.25) is 9.78 Å². The number of carbonyl (C=O) groups excluding carboxylic acids is 1. The molecule has 3 N–H and O–H groups in total. The van der Waals surface area contributed by atoms with Gasteiger partial charge < -0.3 is 30.5 Å². The van der Waals surface area contributed by atoms with Gasteiger partial charge in [0.1, 0.15) is 11.5 Å². The number of aromatic nitrogens is 5. The summed E-state index contributed by atoms with van der Waals surface area (Å²) in [7, 11) is 0. The summed E-state index contributed by atoms with van der Waals surface area (Å²) in [5.74, 6) is 1.64. The zero-order valence-corrected chi connectivity index (χ0v) is 19.9. The summed E-state index contributed by atoms with van der Waals surface area (Å²) in [4.78, 5) is 41.9. The molecule has 2 saturated heterocycles. The highest BCUT2D eigenvalue weighted by molar-refractivity contribution is 5.93. The summed E-state index contributed by atoms with van der Waals surface area (Å²) < 4.78 is 5.53. The van der Waals surface area contributed by atoms with Gasteiger partial charge in [0.05, 0.1) is 18.9 Å². The van der Waals surface area contributed by atoms with Crippen molar-refractivity contribution in [3.05, 3.63) is 42.0 Å². The SMILES string of the molecule is Nc1ncc(-c2nc(N3CCOCC3)nc3c2CCN3c2ccnc(C(=O)N3CCNCC3)c2)cn1. The standard InChI is InChI=1S/C24H28N10O2/c25-23-28-14-16(15-29-23)20-18-2-6-34(21(18)31-24(30-20)33-9-11-36-12-10-33)17-1-3-27-19(13-17)22(35)32-7-4-26-5-8-32/h1,3,13-15,26H,2,4-12H2,(H2,25,28,29). The second-order valence-electron chi connectivity index (χ2n) is 8.95. The molecule has 0 unspecified atom stereocenters. The van der Waals surface area contributed by atoms with Crippen LogP contribution in [0.5, 0.6) is 0 Å². The van der Waals surface area contributed by atoms with Crippen molar-refractivity contribution in [2.24, 2.45) is 0 Å². The van der Waals surface area contributed by atoms with Crippen molar-refractivity contribution in [2.45, 2.75) is 6.42 Å². The first kappa shape index (κ1) is 22.6. The van der Waals surface area contributed by atoms with Crippen molar-refractivity contribution in [1.82, 2.24) is 35.1 Å². The molecule has 12 nitrogen and oxygen atoms in total. The summed E-state index contributed by atoms with van der Waals surface area (Å²) in [5, 5.41) is 3.28. The molecule has 0 radical (unpaired) electrons. The van der Waals surface area contributed by atoms with Crippen LogP contribution in [0.4, 0.5) is 23.4 Å². The second kappa shape index (κ2) is 9.63. The van der Waals surface area contributed by atoms with E-state index in [1.807, 2.05) is 17.0 Å². The highest BCUT2D eigenvalue weighted by Crippen LogP contribution is 2.39. The number of hydrogen-bond acceptors (Lipinski definition) is 11. The molecule has 0 atom stereocenters. The van der Waals surface area contributed by atoms with Crippen molar-refractivity contribution in [2.75, 3.05) is 74.6 Å². The highest BCUT2D eigenvalue weighted by Gasteiger charge is 2.30. The molecule has 0 aliphatic carbocycles. The van der Waals surface area contributed by atoms with E-state index in [1.54, 1.807) is 18.6 Å². The van der Waals surface area contributed by atoms with Gasteiger partial charge in [-0.05, 0) is 18.6 Å². The van der Waals surface area contributed by atoms with E-state index in [0.29, 0.717) is 44.5 Å². The summed E-state index contributed by atoms with van der Waals surface area (Å²) >= 11 is 0. The number of piperazine rings is 1. The van der Waals surface area contributed by atoms with Gasteiger partial charge in [-0.2, -0.15) is 4.98 Å². The Kier molecular flexibility index (Phi) is 6.03. The van der Waals surface area contributed by atoms with Crippen LogP contribution in [-0.2, 0) is 11.2 Å². The Hall–Kier alpha value is -3.90. The molecular weight excluding hydrogens is 460 g/mol. The Labute approximate surface area is 208 Å². The molecule has 3 aromatic rings. The molecule has 3 aromatic heterocycles. The second-order valence-corrected chi connectivity index (χ2v) is 8.95. The number of anilines is 4. The topological polar surface area (TPSA) is 139 Å². The van der Waals surface area contributed by atoms with Crippen LogP contribution >= 0.6 is 0 Å². The predicted molar refractivity (Wildman–Crippen MR) is 134 cm³/mol. The van der Waals surface area contributed by atoms with E-state index in [9.17, 15) is 4.79 Å². The number of nitrogens with zero attached hydrogens (tertiary/aromatic N) is 8. The number of nitrogens with one attached hydrogen (secondary N) is 1. The lowest BCUT2D eigenvalue weighted by Gasteiger charge is -2.29. The van der Waals surface area contributed by atoms with Crippen LogP contribution in [0, 0.1) is 0 Å². The lowest BCUT2D eigenvalue weighted by Crippen LogP contribution is -2.46. The molecule has 6 heterocycles. The maximum Gasteiger partial charge on any atom is 0.272 e. The first-order valence-electron chi connectivity index (χ1n) is 12.2. The van der Waals surface area contributed by atoms with Crippen LogP contribution in [0.1, 0.15) is 16.1 Å². The van der Waals surface area contributed by atoms with E-state index in [2.05, 4.69) is 30.1 Å². The number of carbonyl (C=O) groups is 1. The summed E-state index contributed by atoms with van der Waals surface area (Å²) in [6.45, 7) is 6.36. The van der Waals surface area contributed by atoms with Crippen molar-refractivity contribution in [3.63, 3.8) is 0 Å². The minimum atomic E-state index is -0.0471. The highest BCUT2D eigenvalue weighted by atomic mass is 16.5. The average Bonchev–Trinajstić information content (AvgIpc) is 3.38. The zero-order chi connectivity index (χ0) is 24.5. The molecule has 36 heavy (non-hydrogen) atoms. The maximum absolute atomic E-state index is 13.1. The van der Waals surface area contributed by atoms with Crippen molar-refractivity contribution >= 4 is 29.3 Å². The largest absolute Gasteiger partial charge is 0.378 e. The smallest absolute Gasteiger partial charge is 0.272 e. The summed E-state index contributed by atoms with van der Waals surface area (Å²) in [6.07, 6.45) is 5.85. The summed E-state index contributed by atoms with van der Waals surface area (Å²) in [6, 6.07) is 3.79. The molecule has 12 heteroatoms. The van der Waals surface area contributed by atoms with Gasteiger partial charge in [0.2, 0.25) is 11.9 Å². The van der Waals surface area contributed by atoms with Crippen LogP contribution < -0.4 is 20.9 Å². The summed E-state index contributed by atoms with van der Waals surface area (Å²) in [5.41, 5.74) is 9.67. The molecular formula is C24H28N10O2. The quantitative estimate of drug-likeness (QED) is 0.530. The fraction of sp³-hybridized carbons (Fsp3) is 0.417. The lowest BCUT2D eigenvalue weighted by atomic mass is 10.1. The fourth-order valence-electron chi connectivity index (χ4n) is 4.83. The number of amides is 1. The maximum atomic E-state index is 13.1. The number of rotatable bonds is 4. The van der Waals surface area contributed by atoms with Crippen LogP contribution in [0.3, 0.4) is 0 Å². The molecule has 2 fully saturated rings. The molecule has 0 bridgehead atoms. The molecule has 1 amide bonds. The third-order valence-corrected chi connectivity index (χ3v) is 6.73. The number of pyridine rings is 1.